The van der Waals surface area contributed by atoms with Crippen molar-refractivity contribution >= 4 is 82.4 Å². The Morgan fingerprint density at radius 1 is 0.470 bits per heavy atom. The second-order valence-electron chi connectivity index (χ2n) is 25.7. The van der Waals surface area contributed by atoms with Gasteiger partial charge in [0.15, 0.2) is 11.6 Å². The number of unbranched alkanes of at least 4 members (excludes halogenated alkanes) is 4. The lowest BCUT2D eigenvalue weighted by molar-refractivity contribution is -0.149. The molecule has 0 saturated carbocycles. The molecule has 4 heterocycles. The maximum atomic E-state index is 14.0. The molecule has 0 aromatic rings. The van der Waals surface area contributed by atoms with E-state index in [2.05, 4.69) is 41.9 Å². The van der Waals surface area contributed by atoms with Gasteiger partial charge in [0.25, 0.3) is 0 Å². The van der Waals surface area contributed by atoms with Gasteiger partial charge in [-0.05, 0) is 143 Å². The zero-order valence-electron chi connectivity index (χ0n) is 58.4. The van der Waals surface area contributed by atoms with Crippen molar-refractivity contribution in [3.05, 3.63) is 0 Å². The number of likely N-dealkylation sites (tertiary alicyclic amines) is 4. The van der Waals surface area contributed by atoms with Crippen molar-refractivity contribution in [1.82, 2.24) is 51.8 Å². The number of nitrogens with zero attached hydrogens (tertiary/aromatic N) is 4. The van der Waals surface area contributed by atoms with E-state index in [4.69, 9.17) is 43.2 Å². The van der Waals surface area contributed by atoms with E-state index in [1.54, 1.807) is 0 Å². The molecule has 568 valence electrons. The number of carboxylic acids is 2. The van der Waals surface area contributed by atoms with Crippen LogP contribution in [-0.4, -0.2) is 263 Å². The fraction of sp³-hybridized carbons (Fsp3) is 0.781. The normalized spacial score (nSPS) is 19.8. The highest BCUT2D eigenvalue weighted by Crippen LogP contribution is 2.29. The highest BCUT2D eigenvalue weighted by molar-refractivity contribution is 5.98. The first-order chi connectivity index (χ1) is 47.6. The number of hydrogen-bond donors (Lipinski definition) is 16. The molecular formula is C64H112N16O20. The molecule has 12 atom stereocenters. The highest BCUT2D eigenvalue weighted by Gasteiger charge is 2.47. The summed E-state index contributed by atoms with van der Waals surface area (Å²) in [6.45, 7) is 3.73. The van der Waals surface area contributed by atoms with E-state index in [0.717, 1.165) is 0 Å². The SMILES string of the molecule is CONCOCC(=O)CC(C(=O)N[C@@H](CCCCN)C(=O)N1CCC[C@H]1C(=O)N1CCC[C@H]1C(=O)N[C@H](CCCCC(=N)N)C(=O)O)C(C)O.CONCOCC(=O)CC(C(=O)N[C@@H](CCCCN)C(=O)N1CCC[C@H]1C(=O)N1CCC[C@H]1C(=O)N[C@H](CCCCC(=N)N)C(=O)O)C(C)O. The minimum Gasteiger partial charge on any atom is -0.480 e. The van der Waals surface area contributed by atoms with Gasteiger partial charge >= 0.3 is 11.9 Å². The molecule has 20 N–H and O–H groups in total. The van der Waals surface area contributed by atoms with Crippen LogP contribution in [0.15, 0.2) is 0 Å². The van der Waals surface area contributed by atoms with E-state index in [9.17, 15) is 78.0 Å². The molecule has 36 heteroatoms. The first-order valence-electron chi connectivity index (χ1n) is 34.7. The smallest absolute Gasteiger partial charge is 0.326 e. The topological polar surface area (TPSA) is 560 Å². The molecule has 100 heavy (non-hydrogen) atoms. The summed E-state index contributed by atoms with van der Waals surface area (Å²) in [6, 6.07) is -8.05. The molecule has 0 radical (unpaired) electrons. The molecule has 4 aliphatic heterocycles. The molecule has 8 amide bonds. The van der Waals surface area contributed by atoms with Crippen LogP contribution in [0, 0.1) is 22.7 Å². The maximum absolute atomic E-state index is 14.0. The Morgan fingerprint density at radius 3 is 1.10 bits per heavy atom. The van der Waals surface area contributed by atoms with Crippen molar-refractivity contribution in [2.24, 2.45) is 34.8 Å². The zero-order chi connectivity index (χ0) is 74.4. The summed E-state index contributed by atoms with van der Waals surface area (Å²) in [5.41, 5.74) is 26.9. The number of hydrogen-bond acceptors (Lipinski definition) is 24. The minimum absolute atomic E-state index is 0.00105. The number of amidine groups is 2. The van der Waals surface area contributed by atoms with Crippen LogP contribution < -0.4 is 55.2 Å². The molecule has 4 unspecified atom stereocenters. The number of rotatable bonds is 48. The Hall–Kier alpha value is -7.42. The van der Waals surface area contributed by atoms with E-state index in [0.29, 0.717) is 129 Å². The summed E-state index contributed by atoms with van der Waals surface area (Å²) in [6.07, 6.45) is 5.69. The van der Waals surface area contributed by atoms with Crippen LogP contribution in [0.4, 0.5) is 0 Å². The molecule has 0 spiro atoms. The van der Waals surface area contributed by atoms with Crippen LogP contribution in [0.2, 0.25) is 0 Å². The quantitative estimate of drug-likeness (QED) is 0.00981. The van der Waals surface area contributed by atoms with Gasteiger partial charge < -0.3 is 103 Å². The summed E-state index contributed by atoms with van der Waals surface area (Å²) in [5, 5.41) is 65.3. The first kappa shape index (κ1) is 86.8. The lowest BCUT2D eigenvalue weighted by atomic mass is 9.95. The Morgan fingerprint density at radius 2 is 0.790 bits per heavy atom. The van der Waals surface area contributed by atoms with Gasteiger partial charge in [-0.2, -0.15) is 11.0 Å². The van der Waals surface area contributed by atoms with Crippen molar-refractivity contribution in [1.29, 1.82) is 10.8 Å². The van der Waals surface area contributed by atoms with Gasteiger partial charge in [-0.15, -0.1) is 0 Å². The second-order valence-corrected chi connectivity index (χ2v) is 25.7. The number of amides is 8. The van der Waals surface area contributed by atoms with E-state index >= 15 is 0 Å². The number of hydroxylamine groups is 2. The fourth-order valence-electron chi connectivity index (χ4n) is 12.5. The van der Waals surface area contributed by atoms with Gasteiger partial charge in [-0.25, -0.2) is 9.59 Å². The maximum Gasteiger partial charge on any atom is 0.326 e. The molecule has 0 aromatic heterocycles. The fourth-order valence-corrected chi connectivity index (χ4v) is 12.5. The lowest BCUT2D eigenvalue weighted by Crippen LogP contribution is -2.57. The number of ketones is 2. The predicted octanol–water partition coefficient (Wildman–Crippen LogP) is -2.54. The van der Waals surface area contributed by atoms with Crippen molar-refractivity contribution in [2.75, 3.05) is 80.2 Å². The molecule has 36 nitrogen and oxygen atoms in total. The summed E-state index contributed by atoms with van der Waals surface area (Å²) in [7, 11) is 2.77. The number of aliphatic hydroxyl groups excluding tert-OH is 2. The van der Waals surface area contributed by atoms with E-state index < -0.39 is 143 Å². The molecule has 4 aliphatic rings. The standard InChI is InChI=1S/2C32H56N8O10/c2*1-20(41)22(17-21(42)18-50-19-36-49-2)28(43)37-23(9-5-6-14-33)30(45)40-16-8-12-26(40)31(46)39-15-7-11-25(39)29(44)38-24(32(47)48)10-3-4-13-27(34)35/h2*20,22-26,36,41H,3-19,33H2,1-2H3,(H3,34,35)(H,37,43)(H,38,44)(H,47,48)/t2*20?,22?,23-,24+,25-,26-/m00/s1. The van der Waals surface area contributed by atoms with E-state index in [-0.39, 0.29) is 103 Å². The third-order valence-corrected chi connectivity index (χ3v) is 17.9. The molecule has 0 aromatic carbocycles. The molecule has 0 aliphatic carbocycles. The molecule has 4 saturated heterocycles. The van der Waals surface area contributed by atoms with Gasteiger partial charge in [-0.3, -0.25) is 58.8 Å². The summed E-state index contributed by atoms with van der Waals surface area (Å²) in [4.78, 5) is 173. The number of aliphatic hydroxyl groups is 2. The third kappa shape index (κ3) is 29.6. The average Bonchev–Trinajstić information content (AvgIpc) is 1.64. The number of nitrogens with two attached hydrogens (primary N) is 4. The van der Waals surface area contributed by atoms with Crippen LogP contribution in [0.25, 0.3) is 0 Å². The number of carbonyl (C=O) groups excluding carboxylic acids is 10. The van der Waals surface area contributed by atoms with Crippen LogP contribution in [-0.2, 0) is 76.7 Å². The Kier molecular flexibility index (Phi) is 40.7. The number of aliphatic carboxylic acids is 2. The molecule has 4 fully saturated rings. The Bertz CT molecular complexity index is 2520. The van der Waals surface area contributed by atoms with E-state index in [1.165, 1.54) is 47.7 Å². The largest absolute Gasteiger partial charge is 0.480 e. The van der Waals surface area contributed by atoms with Gasteiger partial charge in [0.1, 0.15) is 75.0 Å². The molecule has 4 rings (SSSR count). The zero-order valence-corrected chi connectivity index (χ0v) is 58.4. The minimum atomic E-state index is -1.21. The number of Topliss-reactive ketones (excluding diaryl/α,β-unsaturated/α-hetero) is 2. The van der Waals surface area contributed by atoms with Crippen LogP contribution in [0.3, 0.4) is 0 Å². The van der Waals surface area contributed by atoms with Crippen molar-refractivity contribution in [2.45, 2.75) is 228 Å². The van der Waals surface area contributed by atoms with E-state index in [1.807, 2.05) is 0 Å². The van der Waals surface area contributed by atoms with Crippen LogP contribution >= 0.6 is 0 Å². The monoisotopic (exact) mass is 1420 g/mol. The molecule has 0 bridgehead atoms. The van der Waals surface area contributed by atoms with Crippen LogP contribution in [0.5, 0.6) is 0 Å². The van der Waals surface area contributed by atoms with Crippen molar-refractivity contribution in [3.8, 4) is 0 Å². The van der Waals surface area contributed by atoms with Crippen molar-refractivity contribution < 1.29 is 97.1 Å². The van der Waals surface area contributed by atoms with Gasteiger partial charge in [-0.1, -0.05) is 12.8 Å². The summed E-state index contributed by atoms with van der Waals surface area (Å²) in [5.74, 6) is -10.0. The van der Waals surface area contributed by atoms with Gasteiger partial charge in [0.05, 0.1) is 49.9 Å². The first-order valence-corrected chi connectivity index (χ1v) is 34.7. The highest BCUT2D eigenvalue weighted by atomic mass is 16.7. The second kappa shape index (κ2) is 46.9. The number of nitrogens with one attached hydrogen (secondary N) is 8. The summed E-state index contributed by atoms with van der Waals surface area (Å²) >= 11 is 0. The van der Waals surface area contributed by atoms with Gasteiger partial charge in [0, 0.05) is 51.9 Å². The molecular weight excluding hydrogens is 1310 g/mol. The lowest BCUT2D eigenvalue weighted by Gasteiger charge is -2.33. The predicted molar refractivity (Wildman–Crippen MR) is 360 cm³/mol. The number of ether oxygens (including phenoxy) is 2. The van der Waals surface area contributed by atoms with Crippen molar-refractivity contribution in [3.63, 3.8) is 0 Å². The number of carbonyl (C=O) groups is 12. The average molecular weight is 1430 g/mol. The third-order valence-electron chi connectivity index (χ3n) is 17.9. The van der Waals surface area contributed by atoms with Crippen LogP contribution in [0.1, 0.15) is 168 Å². The summed E-state index contributed by atoms with van der Waals surface area (Å²) < 4.78 is 10.3. The van der Waals surface area contributed by atoms with Gasteiger partial charge in [0.2, 0.25) is 47.3 Å². The Labute approximate surface area is 583 Å². The number of carboxylic acid groups (broad SMARTS) is 2. The Balaban J connectivity index is 0.000000520.